The number of nitrogens with zero attached hydrogens (tertiary/aromatic N) is 2. The zero-order valence-electron chi connectivity index (χ0n) is 11.9. The van der Waals surface area contributed by atoms with E-state index in [1.807, 2.05) is 12.1 Å². The first-order valence-corrected chi connectivity index (χ1v) is 7.36. The first-order chi connectivity index (χ1) is 11.2. The van der Waals surface area contributed by atoms with Crippen LogP contribution in [0.2, 0.25) is 5.02 Å². The summed E-state index contributed by atoms with van der Waals surface area (Å²) in [6.45, 7) is 0. The second-order valence-corrected chi connectivity index (χ2v) is 5.53. The van der Waals surface area contributed by atoms with E-state index in [0.29, 0.717) is 16.3 Å². The molecule has 0 bridgehead atoms. The molecule has 0 spiro atoms. The molecule has 2 N–H and O–H groups in total. The highest BCUT2D eigenvalue weighted by Crippen LogP contribution is 2.33. The van der Waals surface area contributed by atoms with Crippen LogP contribution in [0.3, 0.4) is 0 Å². The van der Waals surface area contributed by atoms with Crippen molar-refractivity contribution in [2.24, 2.45) is 0 Å². The summed E-state index contributed by atoms with van der Waals surface area (Å²) in [5, 5.41) is 5.33. The summed E-state index contributed by atoms with van der Waals surface area (Å²) in [5.41, 5.74) is 2.86. The van der Waals surface area contributed by atoms with Crippen molar-refractivity contribution in [2.45, 2.75) is 0 Å². The number of hydrogen-bond donors (Lipinski definition) is 2. The number of amides is 1. The molecular weight excluding hydrogens is 312 g/mol. The number of aromatic nitrogens is 3. The number of pyridine rings is 2. The molecule has 0 unspecified atom stereocenters. The summed E-state index contributed by atoms with van der Waals surface area (Å²) in [6.07, 6.45) is 6.62. The van der Waals surface area contributed by atoms with Crippen LogP contribution in [0.1, 0.15) is 10.4 Å². The minimum atomic E-state index is -0.230. The van der Waals surface area contributed by atoms with Gasteiger partial charge in [0, 0.05) is 35.1 Å². The second kappa shape index (κ2) is 5.37. The lowest BCUT2D eigenvalue weighted by molar-refractivity contribution is 0.102. The van der Waals surface area contributed by atoms with Gasteiger partial charge in [0.1, 0.15) is 0 Å². The van der Waals surface area contributed by atoms with Crippen molar-refractivity contribution in [1.29, 1.82) is 0 Å². The molecule has 1 aromatic carbocycles. The third kappa shape index (κ3) is 2.41. The van der Waals surface area contributed by atoms with Gasteiger partial charge in [-0.15, -0.1) is 0 Å². The monoisotopic (exact) mass is 322 g/mol. The van der Waals surface area contributed by atoms with Crippen LogP contribution in [-0.4, -0.2) is 20.9 Å². The number of H-pyrrole nitrogens is 1. The molecular formula is C17H11ClN4O. The van der Waals surface area contributed by atoms with Gasteiger partial charge in [-0.3, -0.25) is 14.8 Å². The fourth-order valence-corrected chi connectivity index (χ4v) is 2.93. The highest BCUT2D eigenvalue weighted by atomic mass is 35.5. The number of halogens is 1. The predicted octanol–water partition coefficient (Wildman–Crippen LogP) is 4.02. The number of carbonyl (C=O) groups is 1. The molecule has 0 aliphatic carbocycles. The molecule has 4 rings (SSSR count). The van der Waals surface area contributed by atoms with E-state index in [1.54, 1.807) is 36.8 Å². The van der Waals surface area contributed by atoms with Gasteiger partial charge in [0.05, 0.1) is 27.8 Å². The van der Waals surface area contributed by atoms with Crippen molar-refractivity contribution in [1.82, 2.24) is 15.0 Å². The molecule has 0 aliphatic rings. The maximum Gasteiger partial charge on any atom is 0.257 e. The Bertz CT molecular complexity index is 1030. The number of nitrogens with one attached hydrogen (secondary N) is 2. The lowest BCUT2D eigenvalue weighted by Gasteiger charge is -2.06. The molecule has 112 valence electrons. The standard InChI is InChI=1S/C17H11ClN4O/c18-13-6-11(21-17(23)10-2-1-4-19-8-10)7-14-16(13)12-3-5-20-9-15(12)22-14/h1-9,22H,(H,21,23). The summed E-state index contributed by atoms with van der Waals surface area (Å²) >= 11 is 6.41. The fraction of sp³-hybridized carbons (Fsp3) is 0. The quantitative estimate of drug-likeness (QED) is 0.585. The molecule has 0 atom stereocenters. The number of carbonyl (C=O) groups excluding carboxylic acids is 1. The van der Waals surface area contributed by atoms with Crippen LogP contribution in [0.5, 0.6) is 0 Å². The Morgan fingerprint density at radius 3 is 2.78 bits per heavy atom. The van der Waals surface area contributed by atoms with E-state index >= 15 is 0 Å². The van der Waals surface area contributed by atoms with E-state index in [-0.39, 0.29) is 5.91 Å². The Kier molecular flexibility index (Phi) is 3.20. The third-order valence-corrected chi connectivity index (χ3v) is 3.93. The normalized spacial score (nSPS) is 11.0. The molecule has 0 radical (unpaired) electrons. The number of fused-ring (bicyclic) bond motifs is 3. The number of benzene rings is 1. The highest BCUT2D eigenvalue weighted by Gasteiger charge is 2.12. The minimum absolute atomic E-state index is 0.230. The Hall–Kier alpha value is -2.92. The van der Waals surface area contributed by atoms with E-state index in [9.17, 15) is 4.79 Å². The Morgan fingerprint density at radius 2 is 1.96 bits per heavy atom. The molecule has 0 aliphatic heterocycles. The molecule has 0 fully saturated rings. The van der Waals surface area contributed by atoms with Crippen molar-refractivity contribution in [3.8, 4) is 0 Å². The second-order valence-electron chi connectivity index (χ2n) is 5.12. The van der Waals surface area contributed by atoms with E-state index < -0.39 is 0 Å². The fourth-order valence-electron chi connectivity index (χ4n) is 2.61. The number of hydrogen-bond acceptors (Lipinski definition) is 3. The summed E-state index contributed by atoms with van der Waals surface area (Å²) < 4.78 is 0. The van der Waals surface area contributed by atoms with Crippen molar-refractivity contribution in [3.05, 3.63) is 65.7 Å². The topological polar surface area (TPSA) is 70.7 Å². The molecule has 0 saturated heterocycles. The molecule has 3 aromatic heterocycles. The summed E-state index contributed by atoms with van der Waals surface area (Å²) in [7, 11) is 0. The van der Waals surface area contributed by atoms with Crippen LogP contribution < -0.4 is 5.32 Å². The average Bonchev–Trinajstić information content (AvgIpc) is 2.94. The summed E-state index contributed by atoms with van der Waals surface area (Å²) in [6, 6.07) is 8.93. The van der Waals surface area contributed by atoms with Gasteiger partial charge in [-0.2, -0.15) is 0 Å². The largest absolute Gasteiger partial charge is 0.353 e. The molecule has 23 heavy (non-hydrogen) atoms. The van der Waals surface area contributed by atoms with Gasteiger partial charge in [0.25, 0.3) is 5.91 Å². The van der Waals surface area contributed by atoms with E-state index in [0.717, 1.165) is 21.8 Å². The SMILES string of the molecule is O=C(Nc1cc(Cl)c2c(c1)[nH]c1cnccc12)c1cccnc1. The number of aromatic amines is 1. The maximum absolute atomic E-state index is 12.2. The molecule has 1 amide bonds. The number of rotatable bonds is 2. The first kappa shape index (κ1) is 13.7. The van der Waals surface area contributed by atoms with Gasteiger partial charge in [0.2, 0.25) is 0 Å². The van der Waals surface area contributed by atoms with Gasteiger partial charge in [0.15, 0.2) is 0 Å². The average molecular weight is 323 g/mol. The Balaban J connectivity index is 1.77. The minimum Gasteiger partial charge on any atom is -0.353 e. The van der Waals surface area contributed by atoms with Gasteiger partial charge in [-0.05, 0) is 30.3 Å². The van der Waals surface area contributed by atoms with Gasteiger partial charge < -0.3 is 10.3 Å². The van der Waals surface area contributed by atoms with Crippen molar-refractivity contribution >= 4 is 45.0 Å². The molecule has 3 heterocycles. The highest BCUT2D eigenvalue weighted by molar-refractivity contribution is 6.38. The Labute approximate surface area is 136 Å². The molecule has 5 nitrogen and oxygen atoms in total. The van der Waals surface area contributed by atoms with Crippen LogP contribution >= 0.6 is 11.6 Å². The molecule has 0 saturated carbocycles. The lowest BCUT2D eigenvalue weighted by atomic mass is 10.1. The van der Waals surface area contributed by atoms with Crippen LogP contribution in [-0.2, 0) is 0 Å². The van der Waals surface area contributed by atoms with Gasteiger partial charge >= 0.3 is 0 Å². The summed E-state index contributed by atoms with van der Waals surface area (Å²) in [5.74, 6) is -0.230. The maximum atomic E-state index is 12.2. The molecule has 6 heteroatoms. The van der Waals surface area contributed by atoms with E-state index in [2.05, 4.69) is 20.3 Å². The molecule has 4 aromatic rings. The number of anilines is 1. The van der Waals surface area contributed by atoms with Crippen LogP contribution in [0, 0.1) is 0 Å². The van der Waals surface area contributed by atoms with Gasteiger partial charge in [-0.25, -0.2) is 0 Å². The zero-order chi connectivity index (χ0) is 15.8. The lowest BCUT2D eigenvalue weighted by Crippen LogP contribution is -2.11. The van der Waals surface area contributed by atoms with Crippen LogP contribution in [0.25, 0.3) is 21.8 Å². The Morgan fingerprint density at radius 1 is 1.09 bits per heavy atom. The third-order valence-electron chi connectivity index (χ3n) is 3.63. The van der Waals surface area contributed by atoms with Crippen molar-refractivity contribution in [3.63, 3.8) is 0 Å². The van der Waals surface area contributed by atoms with Crippen molar-refractivity contribution < 1.29 is 4.79 Å². The zero-order valence-corrected chi connectivity index (χ0v) is 12.6. The first-order valence-electron chi connectivity index (χ1n) is 6.99. The van der Waals surface area contributed by atoms with Gasteiger partial charge in [-0.1, -0.05) is 11.6 Å². The predicted molar refractivity (Wildman–Crippen MR) is 90.8 cm³/mol. The van der Waals surface area contributed by atoms with Crippen molar-refractivity contribution in [2.75, 3.05) is 5.32 Å². The van der Waals surface area contributed by atoms with E-state index in [1.165, 1.54) is 6.20 Å². The smallest absolute Gasteiger partial charge is 0.257 e. The van der Waals surface area contributed by atoms with Crippen LogP contribution in [0.4, 0.5) is 5.69 Å². The van der Waals surface area contributed by atoms with Crippen LogP contribution in [0.15, 0.2) is 55.1 Å². The summed E-state index contributed by atoms with van der Waals surface area (Å²) in [4.78, 5) is 23.5. The van der Waals surface area contributed by atoms with E-state index in [4.69, 9.17) is 11.6 Å².